The Hall–Kier alpha value is -0.840. The second-order valence-corrected chi connectivity index (χ2v) is 6.46. The highest BCUT2D eigenvalue weighted by atomic mass is 79.9. The fourth-order valence-corrected chi connectivity index (χ4v) is 3.41. The summed E-state index contributed by atoms with van der Waals surface area (Å²) in [5, 5.41) is 0. The van der Waals surface area contributed by atoms with E-state index >= 15 is 0 Å². The fraction of sp³-hybridized carbons (Fsp3) is 0.286. The molecule has 0 radical (unpaired) electrons. The number of thiophene rings is 1. The van der Waals surface area contributed by atoms with Crippen LogP contribution in [-0.4, -0.2) is 6.61 Å². The van der Waals surface area contributed by atoms with Crippen LogP contribution in [0.1, 0.15) is 29.0 Å². The third kappa shape index (κ3) is 2.76. The fourth-order valence-electron chi connectivity index (χ4n) is 1.81. The zero-order valence-corrected chi connectivity index (χ0v) is 12.8. The summed E-state index contributed by atoms with van der Waals surface area (Å²) in [4.78, 5) is 1.14. The Balaban J connectivity index is 2.36. The molecule has 2 aromatic rings. The zero-order chi connectivity index (χ0) is 13.1. The molecular weight excluding hydrogens is 310 g/mol. The lowest BCUT2D eigenvalue weighted by Gasteiger charge is -2.15. The van der Waals surface area contributed by atoms with Gasteiger partial charge in [0.1, 0.15) is 5.75 Å². The molecule has 96 valence electrons. The molecule has 0 fully saturated rings. The highest BCUT2D eigenvalue weighted by Crippen LogP contribution is 2.35. The molecule has 1 heterocycles. The van der Waals surface area contributed by atoms with Crippen molar-refractivity contribution in [3.8, 4) is 5.75 Å². The van der Waals surface area contributed by atoms with Gasteiger partial charge in [-0.25, -0.2) is 0 Å². The minimum atomic E-state index is -0.136. The van der Waals surface area contributed by atoms with Crippen LogP contribution in [0.25, 0.3) is 0 Å². The first-order valence-electron chi connectivity index (χ1n) is 5.86. The molecule has 1 atom stereocenters. The standard InChI is InChI=1S/C14H16BrNOS/c1-3-17-11-7-5-4-6-10(11)13(16)12-8-9(2)14(15)18-12/h4-8,13H,3,16H2,1-2H3. The van der Waals surface area contributed by atoms with Gasteiger partial charge in [0.05, 0.1) is 16.4 Å². The number of halogens is 1. The summed E-state index contributed by atoms with van der Waals surface area (Å²) >= 11 is 5.22. The number of ether oxygens (including phenoxy) is 1. The van der Waals surface area contributed by atoms with Crippen LogP contribution in [-0.2, 0) is 0 Å². The molecule has 0 aliphatic heterocycles. The van der Waals surface area contributed by atoms with Gasteiger partial charge in [0.15, 0.2) is 0 Å². The van der Waals surface area contributed by atoms with Crippen LogP contribution in [0.2, 0.25) is 0 Å². The first-order chi connectivity index (χ1) is 8.63. The van der Waals surface area contributed by atoms with E-state index in [1.54, 1.807) is 11.3 Å². The van der Waals surface area contributed by atoms with Crippen molar-refractivity contribution in [1.29, 1.82) is 0 Å². The first kappa shape index (κ1) is 13.6. The van der Waals surface area contributed by atoms with Gasteiger partial charge >= 0.3 is 0 Å². The number of aryl methyl sites for hydroxylation is 1. The lowest BCUT2D eigenvalue weighted by atomic mass is 10.0. The van der Waals surface area contributed by atoms with Crippen LogP contribution in [0.15, 0.2) is 34.1 Å². The van der Waals surface area contributed by atoms with Crippen LogP contribution in [0.4, 0.5) is 0 Å². The van der Waals surface area contributed by atoms with Crippen molar-refractivity contribution in [1.82, 2.24) is 0 Å². The predicted octanol–water partition coefficient (Wildman–Crippen LogP) is 4.27. The molecule has 1 aromatic heterocycles. The van der Waals surface area contributed by atoms with E-state index in [-0.39, 0.29) is 6.04 Å². The van der Waals surface area contributed by atoms with Gasteiger partial charge in [-0.1, -0.05) is 18.2 Å². The molecule has 0 aliphatic carbocycles. The van der Waals surface area contributed by atoms with Crippen molar-refractivity contribution in [3.05, 3.63) is 50.1 Å². The van der Waals surface area contributed by atoms with Crippen molar-refractivity contribution < 1.29 is 4.74 Å². The third-order valence-electron chi connectivity index (χ3n) is 2.74. The van der Waals surface area contributed by atoms with Gasteiger partial charge in [-0.15, -0.1) is 11.3 Å². The zero-order valence-electron chi connectivity index (χ0n) is 10.4. The summed E-state index contributed by atoms with van der Waals surface area (Å²) in [7, 11) is 0. The van der Waals surface area contributed by atoms with Crippen LogP contribution < -0.4 is 10.5 Å². The van der Waals surface area contributed by atoms with Gasteiger partial charge < -0.3 is 10.5 Å². The van der Waals surface area contributed by atoms with E-state index in [0.29, 0.717) is 6.61 Å². The minimum absolute atomic E-state index is 0.136. The van der Waals surface area contributed by atoms with Crippen LogP contribution in [0.3, 0.4) is 0 Å². The van der Waals surface area contributed by atoms with Crippen molar-refractivity contribution in [2.24, 2.45) is 5.73 Å². The van der Waals surface area contributed by atoms with E-state index in [2.05, 4.69) is 28.9 Å². The molecule has 0 bridgehead atoms. The van der Waals surface area contributed by atoms with E-state index in [4.69, 9.17) is 10.5 Å². The number of rotatable bonds is 4. The molecule has 0 saturated heterocycles. The van der Waals surface area contributed by atoms with Gasteiger partial charge in [0.25, 0.3) is 0 Å². The van der Waals surface area contributed by atoms with Gasteiger partial charge in [0.2, 0.25) is 0 Å². The van der Waals surface area contributed by atoms with Gasteiger partial charge in [-0.3, -0.25) is 0 Å². The molecule has 18 heavy (non-hydrogen) atoms. The third-order valence-corrected chi connectivity index (χ3v) is 4.96. The van der Waals surface area contributed by atoms with E-state index in [0.717, 1.165) is 20.0 Å². The second-order valence-electron chi connectivity index (χ2n) is 4.05. The maximum atomic E-state index is 6.34. The lowest BCUT2D eigenvalue weighted by molar-refractivity contribution is 0.335. The molecule has 0 aliphatic rings. The molecule has 1 unspecified atom stereocenters. The maximum absolute atomic E-state index is 6.34. The highest BCUT2D eigenvalue weighted by Gasteiger charge is 2.16. The minimum Gasteiger partial charge on any atom is -0.494 e. The molecule has 0 spiro atoms. The monoisotopic (exact) mass is 325 g/mol. The Kier molecular flexibility index (Phi) is 4.43. The Morgan fingerprint density at radius 2 is 2.11 bits per heavy atom. The quantitative estimate of drug-likeness (QED) is 0.911. The summed E-state index contributed by atoms with van der Waals surface area (Å²) in [6.45, 7) is 4.70. The van der Waals surface area contributed by atoms with Crippen molar-refractivity contribution in [3.63, 3.8) is 0 Å². The van der Waals surface area contributed by atoms with Crippen molar-refractivity contribution in [2.45, 2.75) is 19.9 Å². The second kappa shape index (κ2) is 5.87. The molecular formula is C14H16BrNOS. The Labute approximate surface area is 120 Å². The largest absolute Gasteiger partial charge is 0.494 e. The smallest absolute Gasteiger partial charge is 0.124 e. The Morgan fingerprint density at radius 1 is 1.39 bits per heavy atom. The van der Waals surface area contributed by atoms with Crippen LogP contribution in [0.5, 0.6) is 5.75 Å². The summed E-state index contributed by atoms with van der Waals surface area (Å²) < 4.78 is 6.77. The molecule has 2 rings (SSSR count). The van der Waals surface area contributed by atoms with E-state index in [1.807, 2.05) is 31.2 Å². The first-order valence-corrected chi connectivity index (χ1v) is 7.47. The Morgan fingerprint density at radius 3 is 2.72 bits per heavy atom. The summed E-state index contributed by atoms with van der Waals surface area (Å²) in [6.07, 6.45) is 0. The summed E-state index contributed by atoms with van der Waals surface area (Å²) in [6, 6.07) is 9.95. The number of para-hydroxylation sites is 1. The highest BCUT2D eigenvalue weighted by molar-refractivity contribution is 9.11. The lowest BCUT2D eigenvalue weighted by Crippen LogP contribution is -2.12. The molecule has 4 heteroatoms. The molecule has 0 amide bonds. The van der Waals surface area contributed by atoms with Crippen LogP contribution in [0, 0.1) is 6.92 Å². The van der Waals surface area contributed by atoms with E-state index in [9.17, 15) is 0 Å². The summed E-state index contributed by atoms with van der Waals surface area (Å²) in [5.41, 5.74) is 8.60. The molecule has 2 nitrogen and oxygen atoms in total. The number of hydrogen-bond donors (Lipinski definition) is 1. The van der Waals surface area contributed by atoms with Crippen molar-refractivity contribution >= 4 is 27.3 Å². The average molecular weight is 326 g/mol. The van der Waals surface area contributed by atoms with E-state index in [1.165, 1.54) is 5.56 Å². The van der Waals surface area contributed by atoms with Gasteiger partial charge in [0, 0.05) is 10.4 Å². The maximum Gasteiger partial charge on any atom is 0.124 e. The Bertz CT molecular complexity index is 519. The predicted molar refractivity (Wildman–Crippen MR) is 80.4 cm³/mol. The van der Waals surface area contributed by atoms with Crippen LogP contribution >= 0.6 is 27.3 Å². The summed E-state index contributed by atoms with van der Waals surface area (Å²) in [5.74, 6) is 0.870. The number of benzene rings is 1. The molecule has 2 N–H and O–H groups in total. The number of nitrogens with two attached hydrogens (primary N) is 1. The topological polar surface area (TPSA) is 35.2 Å². The SMILES string of the molecule is CCOc1ccccc1C(N)c1cc(C)c(Br)s1. The number of hydrogen-bond acceptors (Lipinski definition) is 3. The van der Waals surface area contributed by atoms with E-state index < -0.39 is 0 Å². The normalized spacial score (nSPS) is 12.4. The van der Waals surface area contributed by atoms with Gasteiger partial charge in [-0.2, -0.15) is 0 Å². The molecule has 0 saturated carbocycles. The van der Waals surface area contributed by atoms with Gasteiger partial charge in [-0.05, 0) is 47.5 Å². The average Bonchev–Trinajstić information content (AvgIpc) is 2.70. The molecule has 1 aromatic carbocycles. The van der Waals surface area contributed by atoms with Crippen molar-refractivity contribution in [2.75, 3.05) is 6.61 Å².